The minimum atomic E-state index is -0.898. The van der Waals surface area contributed by atoms with Crippen LogP contribution in [0.5, 0.6) is 0 Å². The van der Waals surface area contributed by atoms with Crippen molar-refractivity contribution in [1.82, 2.24) is 10.6 Å². The van der Waals surface area contributed by atoms with Crippen molar-refractivity contribution in [1.29, 1.82) is 0 Å². The number of amides is 2. The lowest BCUT2D eigenvalue weighted by Crippen LogP contribution is -2.55. The molecule has 0 heterocycles. The number of carboxylic acids is 1. The van der Waals surface area contributed by atoms with Crippen LogP contribution in [-0.2, 0) is 14.4 Å². The van der Waals surface area contributed by atoms with Gasteiger partial charge in [0.05, 0.1) is 11.8 Å². The SMILES string of the molecule is CNC(=O)C(NC(=O)C(CC(C)C)C(C(=O)O)C1CCCC1)C(C)(C)C. The van der Waals surface area contributed by atoms with Gasteiger partial charge in [-0.3, -0.25) is 14.4 Å². The highest BCUT2D eigenvalue weighted by atomic mass is 16.4. The molecule has 0 aliphatic heterocycles. The van der Waals surface area contributed by atoms with Gasteiger partial charge in [0.1, 0.15) is 6.04 Å². The number of nitrogens with one attached hydrogen (secondary N) is 2. The van der Waals surface area contributed by atoms with E-state index in [4.69, 9.17) is 0 Å². The van der Waals surface area contributed by atoms with E-state index in [0.29, 0.717) is 6.42 Å². The molecule has 0 aromatic carbocycles. The van der Waals surface area contributed by atoms with Crippen molar-refractivity contribution >= 4 is 17.8 Å². The normalized spacial score (nSPS) is 19.0. The Morgan fingerprint density at radius 1 is 1.08 bits per heavy atom. The van der Waals surface area contributed by atoms with E-state index in [1.165, 1.54) is 7.05 Å². The second-order valence-corrected chi connectivity index (χ2v) is 9.07. The van der Waals surface area contributed by atoms with Crippen LogP contribution >= 0.6 is 0 Å². The Balaban J connectivity index is 3.10. The van der Waals surface area contributed by atoms with Gasteiger partial charge in [-0.15, -0.1) is 0 Å². The molecule has 3 unspecified atom stereocenters. The highest BCUT2D eigenvalue weighted by molar-refractivity contribution is 5.90. The molecular formula is C20H36N2O4. The van der Waals surface area contributed by atoms with Crippen molar-refractivity contribution < 1.29 is 19.5 Å². The van der Waals surface area contributed by atoms with E-state index in [-0.39, 0.29) is 23.7 Å². The fourth-order valence-electron chi connectivity index (χ4n) is 4.01. The summed E-state index contributed by atoms with van der Waals surface area (Å²) in [5, 5.41) is 15.3. The summed E-state index contributed by atoms with van der Waals surface area (Å²) >= 11 is 0. The number of hydrogen-bond donors (Lipinski definition) is 3. The average Bonchev–Trinajstić information content (AvgIpc) is 3.03. The van der Waals surface area contributed by atoms with Gasteiger partial charge in [-0.2, -0.15) is 0 Å². The second kappa shape index (κ2) is 9.38. The van der Waals surface area contributed by atoms with Gasteiger partial charge in [0, 0.05) is 7.05 Å². The lowest BCUT2D eigenvalue weighted by atomic mass is 9.75. The molecule has 1 fully saturated rings. The van der Waals surface area contributed by atoms with Crippen LogP contribution in [0.4, 0.5) is 0 Å². The first-order valence-electron chi connectivity index (χ1n) is 9.73. The second-order valence-electron chi connectivity index (χ2n) is 9.07. The number of carbonyl (C=O) groups excluding carboxylic acids is 2. The number of hydrogen-bond acceptors (Lipinski definition) is 3. The van der Waals surface area contributed by atoms with Gasteiger partial charge in [-0.05, 0) is 36.5 Å². The molecule has 1 rings (SSSR count). The van der Waals surface area contributed by atoms with Crippen LogP contribution in [0.15, 0.2) is 0 Å². The first-order chi connectivity index (χ1) is 12.0. The lowest BCUT2D eigenvalue weighted by molar-refractivity contribution is -0.151. The van der Waals surface area contributed by atoms with Crippen LogP contribution in [0, 0.1) is 29.1 Å². The standard InChI is InChI=1S/C20H36N2O4/c1-12(2)11-14(15(19(25)26)13-9-7-8-10-13)17(23)22-16(18(24)21-6)20(3,4)5/h12-16H,7-11H2,1-6H3,(H,21,24)(H,22,23)(H,25,26). The van der Waals surface area contributed by atoms with Crippen LogP contribution in [0.1, 0.15) is 66.7 Å². The third-order valence-electron chi connectivity index (χ3n) is 5.35. The Labute approximate surface area is 157 Å². The third kappa shape index (κ3) is 5.99. The third-order valence-corrected chi connectivity index (χ3v) is 5.35. The van der Waals surface area contributed by atoms with Crippen LogP contribution in [0.25, 0.3) is 0 Å². The predicted octanol–water partition coefficient (Wildman–Crippen LogP) is 2.82. The largest absolute Gasteiger partial charge is 0.481 e. The maximum Gasteiger partial charge on any atom is 0.307 e. The van der Waals surface area contributed by atoms with E-state index in [1.54, 1.807) is 0 Å². The highest BCUT2D eigenvalue weighted by Crippen LogP contribution is 2.38. The zero-order valence-electron chi connectivity index (χ0n) is 17.1. The van der Waals surface area contributed by atoms with Gasteiger partial charge in [0.25, 0.3) is 0 Å². The molecular weight excluding hydrogens is 332 g/mol. The highest BCUT2D eigenvalue weighted by Gasteiger charge is 2.42. The average molecular weight is 369 g/mol. The maximum atomic E-state index is 13.1. The molecule has 6 heteroatoms. The van der Waals surface area contributed by atoms with Crippen molar-refractivity contribution in [3.63, 3.8) is 0 Å². The molecule has 3 N–H and O–H groups in total. The quantitative estimate of drug-likeness (QED) is 0.614. The van der Waals surface area contributed by atoms with Crippen molar-refractivity contribution in [3.8, 4) is 0 Å². The van der Waals surface area contributed by atoms with Crippen LogP contribution in [0.3, 0.4) is 0 Å². The molecule has 0 aromatic rings. The number of carboxylic acid groups (broad SMARTS) is 1. The summed E-state index contributed by atoms with van der Waals surface area (Å²) in [6.45, 7) is 9.64. The summed E-state index contributed by atoms with van der Waals surface area (Å²) < 4.78 is 0. The van der Waals surface area contributed by atoms with Gasteiger partial charge in [0.2, 0.25) is 11.8 Å². The molecule has 0 saturated heterocycles. The number of aliphatic carboxylic acids is 1. The van der Waals surface area contributed by atoms with E-state index in [0.717, 1.165) is 25.7 Å². The minimum Gasteiger partial charge on any atom is -0.481 e. The van der Waals surface area contributed by atoms with Gasteiger partial charge in [0.15, 0.2) is 0 Å². The fourth-order valence-corrected chi connectivity index (χ4v) is 4.01. The molecule has 1 saturated carbocycles. The summed E-state index contributed by atoms with van der Waals surface area (Å²) in [7, 11) is 1.54. The number of likely N-dealkylation sites (N-methyl/N-ethyl adjacent to an activating group) is 1. The van der Waals surface area contributed by atoms with Gasteiger partial charge in [-0.1, -0.05) is 47.5 Å². The molecule has 150 valence electrons. The van der Waals surface area contributed by atoms with Crippen LogP contribution < -0.4 is 10.6 Å². The van der Waals surface area contributed by atoms with E-state index >= 15 is 0 Å². The van der Waals surface area contributed by atoms with E-state index < -0.39 is 29.3 Å². The maximum absolute atomic E-state index is 13.1. The molecule has 26 heavy (non-hydrogen) atoms. The summed E-state index contributed by atoms with van der Waals surface area (Å²) in [4.78, 5) is 37.4. The van der Waals surface area contributed by atoms with Crippen LogP contribution in [0.2, 0.25) is 0 Å². The Hall–Kier alpha value is -1.59. The first-order valence-corrected chi connectivity index (χ1v) is 9.73. The van der Waals surface area contributed by atoms with Crippen LogP contribution in [-0.4, -0.2) is 36.0 Å². The van der Waals surface area contributed by atoms with Crippen molar-refractivity contribution in [2.45, 2.75) is 72.8 Å². The predicted molar refractivity (Wildman–Crippen MR) is 101 cm³/mol. The van der Waals surface area contributed by atoms with E-state index in [9.17, 15) is 19.5 Å². The molecule has 0 bridgehead atoms. The Bertz CT molecular complexity index is 504. The van der Waals surface area contributed by atoms with Crippen molar-refractivity contribution in [3.05, 3.63) is 0 Å². The van der Waals surface area contributed by atoms with Gasteiger partial charge in [-0.25, -0.2) is 0 Å². The molecule has 0 aromatic heterocycles. The van der Waals surface area contributed by atoms with Gasteiger partial charge >= 0.3 is 5.97 Å². The molecule has 0 radical (unpaired) electrons. The summed E-state index contributed by atoms with van der Waals surface area (Å²) in [6, 6.07) is -0.701. The van der Waals surface area contributed by atoms with Gasteiger partial charge < -0.3 is 15.7 Å². The number of rotatable bonds is 8. The van der Waals surface area contributed by atoms with Crippen molar-refractivity contribution in [2.24, 2.45) is 29.1 Å². The Morgan fingerprint density at radius 3 is 2.00 bits per heavy atom. The molecule has 1 aliphatic rings. The Kier molecular flexibility index (Phi) is 8.10. The smallest absolute Gasteiger partial charge is 0.307 e. The molecule has 0 spiro atoms. The zero-order chi connectivity index (χ0) is 20.1. The van der Waals surface area contributed by atoms with Crippen molar-refractivity contribution in [2.75, 3.05) is 7.05 Å². The van der Waals surface area contributed by atoms with E-state index in [1.807, 2.05) is 34.6 Å². The molecule has 1 aliphatic carbocycles. The number of carbonyl (C=O) groups is 3. The van der Waals surface area contributed by atoms with E-state index in [2.05, 4.69) is 10.6 Å². The molecule has 6 nitrogen and oxygen atoms in total. The lowest BCUT2D eigenvalue weighted by Gasteiger charge is -2.34. The monoisotopic (exact) mass is 368 g/mol. The topological polar surface area (TPSA) is 95.5 Å². The summed E-state index contributed by atoms with van der Waals surface area (Å²) in [6.07, 6.45) is 4.26. The molecule has 2 amide bonds. The fraction of sp³-hybridized carbons (Fsp3) is 0.850. The summed E-state index contributed by atoms with van der Waals surface area (Å²) in [5.74, 6) is -2.55. The minimum absolute atomic E-state index is 0.0371. The Morgan fingerprint density at radius 2 is 1.62 bits per heavy atom. The summed E-state index contributed by atoms with van der Waals surface area (Å²) in [5.41, 5.74) is -0.468. The first kappa shape index (κ1) is 22.5. The molecule has 3 atom stereocenters. The zero-order valence-corrected chi connectivity index (χ0v) is 17.1.